The summed E-state index contributed by atoms with van der Waals surface area (Å²) in [5.41, 5.74) is 12.3. The third-order valence-corrected chi connectivity index (χ3v) is 7.88. The van der Waals surface area contributed by atoms with Gasteiger partial charge >= 0.3 is 0 Å². The molecule has 5 rings (SSSR count). The molecule has 0 bridgehead atoms. The molecule has 3 aromatic rings. The van der Waals surface area contributed by atoms with Gasteiger partial charge in [0.1, 0.15) is 43.0 Å². The molecule has 0 radical (unpaired) electrons. The molecule has 7 nitrogen and oxygen atoms in total. The Labute approximate surface area is 245 Å². The van der Waals surface area contributed by atoms with E-state index in [9.17, 15) is 26.7 Å². The van der Waals surface area contributed by atoms with Gasteiger partial charge in [-0.05, 0) is 67.3 Å². The minimum Gasteiger partial charge on any atom is -0.495 e. The fourth-order valence-corrected chi connectivity index (χ4v) is 5.04. The highest BCUT2D eigenvalue weighted by Crippen LogP contribution is 2.46. The first-order chi connectivity index (χ1) is 20.6. The van der Waals surface area contributed by atoms with Gasteiger partial charge in [-0.1, -0.05) is 0 Å². The number of halogens is 5. The van der Waals surface area contributed by atoms with Gasteiger partial charge in [0.05, 0.1) is 29.8 Å². The molecule has 1 atom stereocenters. The van der Waals surface area contributed by atoms with Crippen LogP contribution in [-0.2, 0) is 5.41 Å². The molecule has 2 aromatic carbocycles. The van der Waals surface area contributed by atoms with Crippen molar-refractivity contribution in [3.63, 3.8) is 0 Å². The Kier molecular flexibility index (Phi) is 8.48. The van der Waals surface area contributed by atoms with E-state index in [1.807, 2.05) is 0 Å². The normalized spacial score (nSPS) is 16.5. The molecule has 1 aliphatic carbocycles. The van der Waals surface area contributed by atoms with Crippen molar-refractivity contribution in [3.8, 4) is 22.8 Å². The Balaban J connectivity index is 1.48. The average molecular weight is 603 g/mol. The molecule has 228 valence electrons. The van der Waals surface area contributed by atoms with Gasteiger partial charge in [-0.3, -0.25) is 4.79 Å². The number of nitrogens with two attached hydrogens (primary N) is 2. The highest BCUT2D eigenvalue weighted by atomic mass is 19.3. The van der Waals surface area contributed by atoms with Gasteiger partial charge in [0.15, 0.2) is 0 Å². The number of carbonyl (C=O) groups excluding carboxylic acids is 1. The number of carbonyl (C=O) groups is 1. The number of hydrogen-bond donors (Lipinski definition) is 3. The number of nitrogen functional groups attached to an aromatic ring is 1. The summed E-state index contributed by atoms with van der Waals surface area (Å²) < 4.78 is 81.9. The number of nitrogens with zero attached hydrogens (tertiary/aromatic N) is 1. The zero-order valence-electron chi connectivity index (χ0n) is 23.3. The maximum atomic E-state index is 14.5. The van der Waals surface area contributed by atoms with Crippen molar-refractivity contribution in [1.82, 2.24) is 10.3 Å². The third-order valence-electron chi connectivity index (χ3n) is 7.88. The van der Waals surface area contributed by atoms with E-state index < -0.39 is 49.4 Å². The first-order valence-corrected chi connectivity index (χ1v) is 13.7. The summed E-state index contributed by atoms with van der Waals surface area (Å²) in [6.07, 6.45) is 0.567. The van der Waals surface area contributed by atoms with Crippen LogP contribution in [0.15, 0.2) is 48.2 Å². The minimum atomic E-state index is -3.02. The van der Waals surface area contributed by atoms with Crippen LogP contribution in [0.25, 0.3) is 17.3 Å². The summed E-state index contributed by atoms with van der Waals surface area (Å²) in [5.74, 6) is -2.39. The van der Waals surface area contributed by atoms with Crippen molar-refractivity contribution in [2.24, 2.45) is 11.7 Å². The molecule has 2 heterocycles. The number of aromatic nitrogens is 1. The number of anilines is 1. The van der Waals surface area contributed by atoms with E-state index in [0.717, 1.165) is 25.0 Å². The maximum absolute atomic E-state index is 14.5. The van der Waals surface area contributed by atoms with Crippen molar-refractivity contribution >= 4 is 17.7 Å². The highest BCUT2D eigenvalue weighted by molar-refractivity contribution is 5.96. The van der Waals surface area contributed by atoms with Crippen molar-refractivity contribution in [3.05, 3.63) is 76.4 Å². The number of allylic oxidation sites excluding steroid dienone is 1. The van der Waals surface area contributed by atoms with E-state index in [0.29, 0.717) is 16.8 Å². The van der Waals surface area contributed by atoms with Crippen molar-refractivity contribution < 1.29 is 36.2 Å². The Bertz CT molecular complexity index is 1540. The van der Waals surface area contributed by atoms with Gasteiger partial charge in [0, 0.05) is 34.5 Å². The van der Waals surface area contributed by atoms with E-state index in [-0.39, 0.29) is 52.2 Å². The van der Waals surface area contributed by atoms with Crippen LogP contribution in [0.5, 0.6) is 11.5 Å². The van der Waals surface area contributed by atoms with Crippen molar-refractivity contribution in [2.75, 3.05) is 39.3 Å². The van der Waals surface area contributed by atoms with E-state index in [1.54, 1.807) is 6.08 Å². The molecule has 0 saturated heterocycles. The lowest BCUT2D eigenvalue weighted by Gasteiger charge is -2.23. The van der Waals surface area contributed by atoms with Crippen LogP contribution in [0.2, 0.25) is 0 Å². The quantitative estimate of drug-likeness (QED) is 0.196. The SMILES string of the molecule is COc1cc(C(=O)NCC(c2cc3c(c(-c4ccc(F)cc4)n2)OCC3(CF)CF)C(F)F)cc(/C=C(\N)C2CC2)c1N. The summed E-state index contributed by atoms with van der Waals surface area (Å²) in [7, 11) is 1.38. The number of hydrogen-bond acceptors (Lipinski definition) is 6. The van der Waals surface area contributed by atoms with Crippen LogP contribution >= 0.6 is 0 Å². The number of rotatable bonds is 11. The molecule has 43 heavy (non-hydrogen) atoms. The third kappa shape index (κ3) is 5.95. The van der Waals surface area contributed by atoms with Crippen LogP contribution < -0.4 is 26.3 Å². The van der Waals surface area contributed by atoms with Crippen LogP contribution in [-0.4, -0.2) is 50.9 Å². The Hall–Kier alpha value is -4.35. The molecule has 2 aliphatic rings. The predicted octanol–water partition coefficient (Wildman–Crippen LogP) is 5.54. The van der Waals surface area contributed by atoms with Gasteiger partial charge in [-0.2, -0.15) is 0 Å². The topological polar surface area (TPSA) is 112 Å². The summed E-state index contributed by atoms with van der Waals surface area (Å²) in [5, 5.41) is 2.51. The Morgan fingerprint density at radius 2 is 1.88 bits per heavy atom. The fourth-order valence-electron chi connectivity index (χ4n) is 5.04. The molecule has 1 amide bonds. The first-order valence-electron chi connectivity index (χ1n) is 13.7. The lowest BCUT2D eigenvalue weighted by atomic mass is 9.83. The van der Waals surface area contributed by atoms with E-state index >= 15 is 0 Å². The number of nitrogens with one attached hydrogen (secondary N) is 1. The summed E-state index contributed by atoms with van der Waals surface area (Å²) in [6, 6.07) is 9.12. The van der Waals surface area contributed by atoms with Crippen molar-refractivity contribution in [2.45, 2.75) is 30.6 Å². The largest absolute Gasteiger partial charge is 0.495 e. The van der Waals surface area contributed by atoms with E-state index in [2.05, 4.69) is 10.3 Å². The van der Waals surface area contributed by atoms with E-state index in [4.69, 9.17) is 20.9 Å². The standard InChI is InChI=1S/C31H31F5N4O3/c1-42-25-10-19(8-18(26(25)38)9-23(37)16-2-3-16)30(41)39-12-21(29(35)36)24-11-22-28(43-15-31(22,13-32)14-33)27(40-24)17-4-6-20(34)7-5-17/h4-11,16,21,29H,2-3,12-15,37-38H2,1H3,(H,39,41)/b23-9-. The average Bonchev–Trinajstić information content (AvgIpc) is 3.79. The van der Waals surface area contributed by atoms with E-state index in [1.165, 1.54) is 37.4 Å². The number of pyridine rings is 1. The molecule has 12 heteroatoms. The Morgan fingerprint density at radius 1 is 1.19 bits per heavy atom. The molecular weight excluding hydrogens is 571 g/mol. The molecule has 1 fully saturated rings. The zero-order valence-corrected chi connectivity index (χ0v) is 23.3. The lowest BCUT2D eigenvalue weighted by molar-refractivity contribution is 0.0898. The summed E-state index contributed by atoms with van der Waals surface area (Å²) in [6.45, 7) is -3.20. The second-order valence-corrected chi connectivity index (χ2v) is 10.9. The minimum absolute atomic E-state index is 0.0428. The van der Waals surface area contributed by atoms with Crippen LogP contribution in [0, 0.1) is 11.7 Å². The number of benzene rings is 2. The van der Waals surface area contributed by atoms with Crippen LogP contribution in [0.4, 0.5) is 27.6 Å². The molecule has 5 N–H and O–H groups in total. The molecule has 1 aliphatic heterocycles. The lowest BCUT2D eigenvalue weighted by Crippen LogP contribution is -2.34. The predicted molar refractivity (Wildman–Crippen MR) is 152 cm³/mol. The van der Waals surface area contributed by atoms with Gasteiger partial charge in [-0.25, -0.2) is 26.9 Å². The van der Waals surface area contributed by atoms with Gasteiger partial charge < -0.3 is 26.3 Å². The molecule has 1 aromatic heterocycles. The summed E-state index contributed by atoms with van der Waals surface area (Å²) >= 11 is 0. The van der Waals surface area contributed by atoms with Gasteiger partial charge in [-0.15, -0.1) is 0 Å². The molecule has 1 unspecified atom stereocenters. The first kappa shape index (κ1) is 30.1. The zero-order chi connectivity index (χ0) is 30.9. The maximum Gasteiger partial charge on any atom is 0.251 e. The fraction of sp³-hybridized carbons (Fsp3) is 0.355. The monoisotopic (exact) mass is 602 g/mol. The van der Waals surface area contributed by atoms with Gasteiger partial charge in [0.2, 0.25) is 6.43 Å². The van der Waals surface area contributed by atoms with Crippen LogP contribution in [0.3, 0.4) is 0 Å². The Morgan fingerprint density at radius 3 is 2.49 bits per heavy atom. The molecule has 0 spiro atoms. The number of methoxy groups -OCH3 is 1. The number of alkyl halides is 4. The van der Waals surface area contributed by atoms with Crippen LogP contribution in [0.1, 0.15) is 45.9 Å². The molecular formula is C31H31F5N4O3. The van der Waals surface area contributed by atoms with Crippen molar-refractivity contribution in [1.29, 1.82) is 0 Å². The smallest absolute Gasteiger partial charge is 0.251 e. The summed E-state index contributed by atoms with van der Waals surface area (Å²) in [4.78, 5) is 17.6. The van der Waals surface area contributed by atoms with Gasteiger partial charge in [0.25, 0.3) is 5.91 Å². The number of fused-ring (bicyclic) bond motifs is 1. The second kappa shape index (κ2) is 12.1. The number of amides is 1. The highest BCUT2D eigenvalue weighted by Gasteiger charge is 2.44. The second-order valence-electron chi connectivity index (χ2n) is 10.9. The molecule has 1 saturated carbocycles. The number of ether oxygens (including phenoxy) is 2.